The summed E-state index contributed by atoms with van der Waals surface area (Å²) in [5.41, 5.74) is 7.20. The first-order valence-electron chi connectivity index (χ1n) is 5.21. The molecule has 0 aliphatic rings. The molecule has 0 aliphatic carbocycles. The third-order valence-electron chi connectivity index (χ3n) is 2.16. The van der Waals surface area contributed by atoms with Crippen LogP contribution in [0.15, 0.2) is 17.6 Å². The van der Waals surface area contributed by atoms with E-state index in [0.717, 1.165) is 23.7 Å². The molecule has 2 heterocycles. The Morgan fingerprint density at radius 3 is 3.00 bits per heavy atom. The fraction of sp³-hybridized carbons (Fsp3) is 0.273. The van der Waals surface area contributed by atoms with Gasteiger partial charge in [0.05, 0.1) is 21.9 Å². The van der Waals surface area contributed by atoms with Crippen LogP contribution in [0.5, 0.6) is 0 Å². The summed E-state index contributed by atoms with van der Waals surface area (Å²) in [7, 11) is 0. The van der Waals surface area contributed by atoms with Crippen molar-refractivity contribution in [3.8, 4) is 0 Å². The zero-order chi connectivity index (χ0) is 12.3. The summed E-state index contributed by atoms with van der Waals surface area (Å²) < 4.78 is 0. The molecule has 0 aliphatic heterocycles. The first-order chi connectivity index (χ1) is 8.15. The lowest BCUT2D eigenvalue weighted by atomic mass is 10.4. The van der Waals surface area contributed by atoms with E-state index < -0.39 is 0 Å². The lowest BCUT2D eigenvalue weighted by Crippen LogP contribution is -2.07. The molecule has 6 heteroatoms. The SMILES string of the molecule is Cc1csc(CCNc2ncc(N)cc2Cl)n1. The quantitative estimate of drug-likeness (QED) is 0.895. The molecule has 2 aromatic heterocycles. The van der Waals surface area contributed by atoms with Gasteiger partial charge in [-0.3, -0.25) is 0 Å². The second-order valence-electron chi connectivity index (χ2n) is 3.66. The van der Waals surface area contributed by atoms with Gasteiger partial charge in [-0.15, -0.1) is 11.3 Å². The Hall–Kier alpha value is -1.33. The topological polar surface area (TPSA) is 63.8 Å². The molecule has 0 unspecified atom stereocenters. The summed E-state index contributed by atoms with van der Waals surface area (Å²) in [5, 5.41) is 6.87. The zero-order valence-electron chi connectivity index (χ0n) is 9.40. The lowest BCUT2D eigenvalue weighted by molar-refractivity contribution is 0.978. The maximum atomic E-state index is 6.00. The minimum absolute atomic E-state index is 0.542. The molecule has 0 aromatic carbocycles. The van der Waals surface area contributed by atoms with Crippen LogP contribution in [0.25, 0.3) is 0 Å². The maximum absolute atomic E-state index is 6.00. The Kier molecular flexibility index (Phi) is 3.81. The van der Waals surface area contributed by atoms with Crippen molar-refractivity contribution in [2.75, 3.05) is 17.6 Å². The highest BCUT2D eigenvalue weighted by Gasteiger charge is 2.03. The number of nitrogens with one attached hydrogen (secondary N) is 1. The van der Waals surface area contributed by atoms with Gasteiger partial charge in [0.15, 0.2) is 0 Å². The monoisotopic (exact) mass is 268 g/mol. The van der Waals surface area contributed by atoms with Crippen LogP contribution in [-0.2, 0) is 6.42 Å². The number of rotatable bonds is 4. The summed E-state index contributed by atoms with van der Waals surface area (Å²) in [6.45, 7) is 2.75. The molecule has 90 valence electrons. The largest absolute Gasteiger partial charge is 0.397 e. The van der Waals surface area contributed by atoms with Crippen LogP contribution >= 0.6 is 22.9 Å². The van der Waals surface area contributed by atoms with Crippen LogP contribution in [0.2, 0.25) is 5.02 Å². The second-order valence-corrected chi connectivity index (χ2v) is 5.01. The number of nitrogens with zero attached hydrogens (tertiary/aromatic N) is 2. The first-order valence-corrected chi connectivity index (χ1v) is 6.47. The Balaban J connectivity index is 1.90. The van der Waals surface area contributed by atoms with Gasteiger partial charge in [0.1, 0.15) is 5.82 Å². The average molecular weight is 269 g/mol. The van der Waals surface area contributed by atoms with Crippen LogP contribution in [0.1, 0.15) is 10.7 Å². The van der Waals surface area contributed by atoms with Gasteiger partial charge < -0.3 is 11.1 Å². The zero-order valence-corrected chi connectivity index (χ0v) is 11.0. The van der Waals surface area contributed by atoms with E-state index in [2.05, 4.69) is 15.3 Å². The highest BCUT2D eigenvalue weighted by Crippen LogP contribution is 2.21. The molecule has 0 radical (unpaired) electrons. The van der Waals surface area contributed by atoms with Gasteiger partial charge in [-0.1, -0.05) is 11.6 Å². The smallest absolute Gasteiger partial charge is 0.144 e. The number of thiazole rings is 1. The van der Waals surface area contributed by atoms with E-state index in [1.54, 1.807) is 23.6 Å². The molecule has 0 spiro atoms. The minimum atomic E-state index is 0.542. The molecule has 0 amide bonds. The summed E-state index contributed by atoms with van der Waals surface area (Å²) in [6.07, 6.45) is 2.45. The number of hydrogen-bond donors (Lipinski definition) is 2. The number of pyridine rings is 1. The summed E-state index contributed by atoms with van der Waals surface area (Å²) in [5.74, 6) is 0.661. The predicted octanol–water partition coefficient (Wildman–Crippen LogP) is 2.74. The number of aromatic nitrogens is 2. The third kappa shape index (κ3) is 3.31. The van der Waals surface area contributed by atoms with Gasteiger partial charge >= 0.3 is 0 Å². The van der Waals surface area contributed by atoms with Gasteiger partial charge in [0, 0.05) is 24.0 Å². The van der Waals surface area contributed by atoms with E-state index in [4.69, 9.17) is 17.3 Å². The van der Waals surface area contributed by atoms with Crippen LogP contribution in [0.4, 0.5) is 11.5 Å². The Labute approximate surface area is 109 Å². The van der Waals surface area contributed by atoms with E-state index in [1.165, 1.54) is 0 Å². The average Bonchev–Trinajstić information content (AvgIpc) is 2.68. The number of hydrogen-bond acceptors (Lipinski definition) is 5. The minimum Gasteiger partial charge on any atom is -0.397 e. The molecule has 4 nitrogen and oxygen atoms in total. The number of aryl methyl sites for hydroxylation is 1. The fourth-order valence-electron chi connectivity index (χ4n) is 1.39. The van der Waals surface area contributed by atoms with E-state index >= 15 is 0 Å². The summed E-state index contributed by atoms with van der Waals surface area (Å²) >= 11 is 7.66. The van der Waals surface area contributed by atoms with E-state index in [-0.39, 0.29) is 0 Å². The van der Waals surface area contributed by atoms with Crippen molar-refractivity contribution in [2.45, 2.75) is 13.3 Å². The highest BCUT2D eigenvalue weighted by atomic mass is 35.5. The van der Waals surface area contributed by atoms with Crippen molar-refractivity contribution < 1.29 is 0 Å². The maximum Gasteiger partial charge on any atom is 0.144 e. The summed E-state index contributed by atoms with van der Waals surface area (Å²) in [4.78, 5) is 8.51. The summed E-state index contributed by atoms with van der Waals surface area (Å²) in [6, 6.07) is 1.68. The highest BCUT2D eigenvalue weighted by molar-refractivity contribution is 7.09. The standard InChI is InChI=1S/C11H13ClN4S/c1-7-6-17-10(16-7)2-3-14-11-9(12)4-8(13)5-15-11/h4-6H,2-3,13H2,1H3,(H,14,15). The predicted molar refractivity (Wildman–Crippen MR) is 72.7 cm³/mol. The van der Waals surface area contributed by atoms with E-state index in [0.29, 0.717) is 16.5 Å². The Bertz CT molecular complexity index is 512. The molecule has 17 heavy (non-hydrogen) atoms. The molecule has 0 saturated heterocycles. The van der Waals surface area contributed by atoms with Crippen molar-refractivity contribution in [3.63, 3.8) is 0 Å². The van der Waals surface area contributed by atoms with Gasteiger partial charge in [-0.05, 0) is 13.0 Å². The number of nitrogens with two attached hydrogens (primary N) is 1. The Morgan fingerprint density at radius 1 is 1.53 bits per heavy atom. The van der Waals surface area contributed by atoms with Gasteiger partial charge in [0.25, 0.3) is 0 Å². The number of nitrogen functional groups attached to an aromatic ring is 1. The van der Waals surface area contributed by atoms with Crippen LogP contribution in [-0.4, -0.2) is 16.5 Å². The van der Waals surface area contributed by atoms with Crippen molar-refractivity contribution in [3.05, 3.63) is 33.4 Å². The van der Waals surface area contributed by atoms with Gasteiger partial charge in [-0.2, -0.15) is 0 Å². The molecule has 3 N–H and O–H groups in total. The van der Waals surface area contributed by atoms with Crippen LogP contribution in [0, 0.1) is 6.92 Å². The van der Waals surface area contributed by atoms with Crippen molar-refractivity contribution in [1.82, 2.24) is 9.97 Å². The second kappa shape index (κ2) is 5.33. The molecule has 0 atom stereocenters. The molecule has 0 saturated carbocycles. The third-order valence-corrected chi connectivity index (χ3v) is 3.47. The van der Waals surface area contributed by atoms with Gasteiger partial charge in [-0.25, -0.2) is 9.97 Å². The van der Waals surface area contributed by atoms with E-state index in [1.807, 2.05) is 12.3 Å². The number of halogens is 1. The van der Waals surface area contributed by atoms with Crippen LogP contribution < -0.4 is 11.1 Å². The van der Waals surface area contributed by atoms with E-state index in [9.17, 15) is 0 Å². The van der Waals surface area contributed by atoms with Crippen molar-refractivity contribution >= 4 is 34.4 Å². The lowest BCUT2D eigenvalue weighted by Gasteiger charge is -2.06. The number of anilines is 2. The van der Waals surface area contributed by atoms with Crippen molar-refractivity contribution in [2.24, 2.45) is 0 Å². The molecule has 2 rings (SSSR count). The van der Waals surface area contributed by atoms with Crippen LogP contribution in [0.3, 0.4) is 0 Å². The fourth-order valence-corrected chi connectivity index (χ4v) is 2.41. The normalized spacial score (nSPS) is 10.5. The van der Waals surface area contributed by atoms with Crippen molar-refractivity contribution in [1.29, 1.82) is 0 Å². The first kappa shape index (κ1) is 12.1. The molecular formula is C11H13ClN4S. The Morgan fingerprint density at radius 2 is 2.35 bits per heavy atom. The van der Waals surface area contributed by atoms with Gasteiger partial charge in [0.2, 0.25) is 0 Å². The molecular weight excluding hydrogens is 256 g/mol. The molecule has 0 fully saturated rings. The molecule has 2 aromatic rings. The molecule has 0 bridgehead atoms.